The van der Waals surface area contributed by atoms with Crippen molar-refractivity contribution in [3.63, 3.8) is 0 Å². The van der Waals surface area contributed by atoms with Crippen LogP contribution in [0.15, 0.2) is 48.8 Å². The van der Waals surface area contributed by atoms with Crippen LogP contribution in [0.4, 0.5) is 13.2 Å². The van der Waals surface area contributed by atoms with E-state index in [4.69, 9.17) is 0 Å². The average Bonchev–Trinajstić information content (AvgIpc) is 3.34. The number of benzene rings is 1. The molecule has 0 saturated carbocycles. The predicted molar refractivity (Wildman–Crippen MR) is 109 cm³/mol. The zero-order chi connectivity index (χ0) is 22.2. The van der Waals surface area contributed by atoms with Gasteiger partial charge in [-0.25, -0.2) is 0 Å². The number of amides is 1. The molecular formula is C23H23F3N4O. The molecule has 3 aromatic rings. The lowest BCUT2D eigenvalue weighted by Crippen LogP contribution is -2.31. The van der Waals surface area contributed by atoms with Gasteiger partial charge in [0.2, 0.25) is 0 Å². The molecule has 5 nitrogen and oxygen atoms in total. The van der Waals surface area contributed by atoms with E-state index in [1.165, 1.54) is 12.1 Å². The minimum Gasteiger partial charge on any atom is -0.330 e. The molecule has 1 amide bonds. The number of aromatic nitrogens is 3. The van der Waals surface area contributed by atoms with Crippen LogP contribution in [-0.2, 0) is 19.6 Å². The van der Waals surface area contributed by atoms with Crippen molar-refractivity contribution < 1.29 is 18.0 Å². The van der Waals surface area contributed by atoms with E-state index in [9.17, 15) is 18.0 Å². The molecule has 3 heterocycles. The third-order valence-electron chi connectivity index (χ3n) is 5.61. The van der Waals surface area contributed by atoms with Gasteiger partial charge in [0.1, 0.15) is 0 Å². The fourth-order valence-corrected chi connectivity index (χ4v) is 4.11. The van der Waals surface area contributed by atoms with Crippen molar-refractivity contribution in [3.8, 4) is 0 Å². The summed E-state index contributed by atoms with van der Waals surface area (Å²) in [7, 11) is 1.79. The Morgan fingerprint density at radius 3 is 2.65 bits per heavy atom. The molecule has 1 unspecified atom stereocenters. The number of hydrogen-bond donors (Lipinski definition) is 0. The summed E-state index contributed by atoms with van der Waals surface area (Å²) >= 11 is 0. The molecule has 31 heavy (non-hydrogen) atoms. The van der Waals surface area contributed by atoms with Gasteiger partial charge in [0.05, 0.1) is 28.6 Å². The van der Waals surface area contributed by atoms with Crippen LogP contribution in [-0.4, -0.2) is 32.1 Å². The molecule has 1 atom stereocenters. The van der Waals surface area contributed by atoms with Crippen LogP contribution < -0.4 is 0 Å². The number of carbonyl (C=O) groups excluding carboxylic acids is 1. The summed E-state index contributed by atoms with van der Waals surface area (Å²) in [6.45, 7) is 2.48. The second kappa shape index (κ2) is 8.17. The number of hydrogen-bond acceptors (Lipinski definition) is 3. The van der Waals surface area contributed by atoms with Crippen molar-refractivity contribution in [1.29, 1.82) is 0 Å². The van der Waals surface area contributed by atoms with Gasteiger partial charge in [0, 0.05) is 26.0 Å². The van der Waals surface area contributed by atoms with Crippen molar-refractivity contribution in [3.05, 3.63) is 82.4 Å². The second-order valence-electron chi connectivity index (χ2n) is 7.92. The van der Waals surface area contributed by atoms with Crippen LogP contribution in [0.1, 0.15) is 57.3 Å². The second-order valence-corrected chi connectivity index (χ2v) is 7.92. The van der Waals surface area contributed by atoms with Crippen LogP contribution in [0.3, 0.4) is 0 Å². The van der Waals surface area contributed by atoms with Crippen LogP contribution in [0, 0.1) is 6.92 Å². The summed E-state index contributed by atoms with van der Waals surface area (Å²) in [4.78, 5) is 19.4. The Labute approximate surface area is 178 Å². The van der Waals surface area contributed by atoms with Gasteiger partial charge in [-0.2, -0.15) is 18.3 Å². The number of rotatable bonds is 4. The Morgan fingerprint density at radius 1 is 1.19 bits per heavy atom. The quantitative estimate of drug-likeness (QED) is 0.605. The van der Waals surface area contributed by atoms with E-state index in [-0.39, 0.29) is 11.9 Å². The van der Waals surface area contributed by atoms with Gasteiger partial charge in [-0.15, -0.1) is 0 Å². The van der Waals surface area contributed by atoms with Gasteiger partial charge in [-0.3, -0.25) is 14.5 Å². The first-order valence-electron chi connectivity index (χ1n) is 10.1. The van der Waals surface area contributed by atoms with Gasteiger partial charge in [0.15, 0.2) is 0 Å². The van der Waals surface area contributed by atoms with Gasteiger partial charge in [-0.05, 0) is 49.4 Å². The molecule has 1 aliphatic heterocycles. The first-order valence-corrected chi connectivity index (χ1v) is 10.1. The molecule has 0 N–H and O–H groups in total. The minimum absolute atomic E-state index is 0.0528. The molecule has 0 aliphatic carbocycles. The molecule has 1 aromatic carbocycles. The van der Waals surface area contributed by atoms with Crippen LogP contribution in [0.2, 0.25) is 0 Å². The molecule has 1 aliphatic rings. The highest BCUT2D eigenvalue weighted by atomic mass is 19.4. The fourth-order valence-electron chi connectivity index (χ4n) is 4.11. The smallest absolute Gasteiger partial charge is 0.330 e. The van der Waals surface area contributed by atoms with E-state index in [0.29, 0.717) is 29.8 Å². The monoisotopic (exact) mass is 428 g/mol. The Kier molecular flexibility index (Phi) is 5.56. The summed E-state index contributed by atoms with van der Waals surface area (Å²) < 4.78 is 40.4. The van der Waals surface area contributed by atoms with Crippen molar-refractivity contribution in [2.24, 2.45) is 7.05 Å². The molecule has 1 saturated heterocycles. The standard InChI is InChI=1S/C23H23F3N4O/c1-15-19(14-29(2)28-15)22(31)30-10-4-7-21(30)20-9-8-17(13-27-20)11-16-5-3-6-18(12-16)23(24,25)26/h3,5-6,8-9,12-14,21H,4,7,10-11H2,1-2H3. The van der Waals surface area contributed by atoms with E-state index >= 15 is 0 Å². The molecule has 0 radical (unpaired) electrons. The van der Waals surface area contributed by atoms with Crippen LogP contribution in [0.5, 0.6) is 0 Å². The third-order valence-corrected chi connectivity index (χ3v) is 5.61. The Morgan fingerprint density at radius 2 is 2.00 bits per heavy atom. The number of halogens is 3. The maximum atomic E-state index is 13.0. The predicted octanol–water partition coefficient (Wildman–Crippen LogP) is 4.71. The summed E-state index contributed by atoms with van der Waals surface area (Å²) in [5.41, 5.74) is 2.83. The minimum atomic E-state index is -4.36. The third kappa shape index (κ3) is 4.47. The molecule has 2 aromatic heterocycles. The summed E-state index contributed by atoms with van der Waals surface area (Å²) in [5.74, 6) is -0.0528. The first kappa shape index (κ1) is 21.1. The van der Waals surface area contributed by atoms with E-state index in [0.717, 1.165) is 30.2 Å². The van der Waals surface area contributed by atoms with Gasteiger partial charge in [-0.1, -0.05) is 24.3 Å². The lowest BCUT2D eigenvalue weighted by atomic mass is 10.0. The van der Waals surface area contributed by atoms with Gasteiger partial charge < -0.3 is 4.90 Å². The number of carbonyl (C=O) groups is 1. The molecule has 8 heteroatoms. The van der Waals surface area contributed by atoms with Crippen molar-refractivity contribution in [1.82, 2.24) is 19.7 Å². The van der Waals surface area contributed by atoms with Gasteiger partial charge >= 0.3 is 6.18 Å². The highest BCUT2D eigenvalue weighted by Gasteiger charge is 2.33. The molecule has 162 valence electrons. The van der Waals surface area contributed by atoms with E-state index in [1.54, 1.807) is 30.2 Å². The zero-order valence-corrected chi connectivity index (χ0v) is 17.4. The Hall–Kier alpha value is -3.16. The summed E-state index contributed by atoms with van der Waals surface area (Å²) in [6, 6.07) is 8.96. The largest absolute Gasteiger partial charge is 0.416 e. The molecular weight excluding hydrogens is 405 g/mol. The number of nitrogens with zero attached hydrogens (tertiary/aromatic N) is 4. The molecule has 4 rings (SSSR count). The Balaban J connectivity index is 1.50. The number of pyridine rings is 1. The maximum Gasteiger partial charge on any atom is 0.416 e. The van der Waals surface area contributed by atoms with E-state index in [1.807, 2.05) is 24.0 Å². The number of alkyl halides is 3. The lowest BCUT2D eigenvalue weighted by Gasteiger charge is -2.24. The van der Waals surface area contributed by atoms with Crippen molar-refractivity contribution in [2.45, 2.75) is 38.4 Å². The molecule has 0 spiro atoms. The average molecular weight is 428 g/mol. The SMILES string of the molecule is Cc1nn(C)cc1C(=O)N1CCCC1c1ccc(Cc2cccc(C(F)(F)F)c2)cn1. The summed E-state index contributed by atoms with van der Waals surface area (Å²) in [5, 5.41) is 4.26. The van der Waals surface area contributed by atoms with Crippen molar-refractivity contribution in [2.75, 3.05) is 6.54 Å². The normalized spacial score (nSPS) is 16.7. The van der Waals surface area contributed by atoms with Crippen LogP contribution >= 0.6 is 0 Å². The highest BCUT2D eigenvalue weighted by Crippen LogP contribution is 2.33. The first-order chi connectivity index (χ1) is 14.7. The maximum absolute atomic E-state index is 13.0. The number of aryl methyl sites for hydroxylation is 2. The van der Waals surface area contributed by atoms with Gasteiger partial charge in [0.25, 0.3) is 5.91 Å². The highest BCUT2D eigenvalue weighted by molar-refractivity contribution is 5.95. The Bertz CT molecular complexity index is 1090. The van der Waals surface area contributed by atoms with E-state index in [2.05, 4.69) is 10.1 Å². The van der Waals surface area contributed by atoms with E-state index < -0.39 is 11.7 Å². The summed E-state index contributed by atoms with van der Waals surface area (Å²) in [6.07, 6.45) is 1.14. The lowest BCUT2D eigenvalue weighted by molar-refractivity contribution is -0.137. The fraction of sp³-hybridized carbons (Fsp3) is 0.348. The van der Waals surface area contributed by atoms with Crippen molar-refractivity contribution >= 4 is 5.91 Å². The van der Waals surface area contributed by atoms with Crippen LogP contribution in [0.25, 0.3) is 0 Å². The molecule has 0 bridgehead atoms. The topological polar surface area (TPSA) is 51.0 Å². The number of likely N-dealkylation sites (tertiary alicyclic amines) is 1. The molecule has 1 fully saturated rings. The zero-order valence-electron chi connectivity index (χ0n) is 17.4.